The van der Waals surface area contributed by atoms with Crippen molar-refractivity contribution in [3.8, 4) is 5.75 Å². The fourth-order valence-electron chi connectivity index (χ4n) is 2.01. The maximum absolute atomic E-state index is 5.14. The summed E-state index contributed by atoms with van der Waals surface area (Å²) in [5, 5.41) is 3.41. The molecular weight excluding hydrogens is 238 g/mol. The second kappa shape index (κ2) is 5.89. The number of rotatable bonds is 5. The highest BCUT2D eigenvalue weighted by Gasteiger charge is 2.06. The molecule has 0 spiro atoms. The first kappa shape index (κ1) is 13.6. The van der Waals surface area contributed by atoms with Gasteiger partial charge >= 0.3 is 0 Å². The van der Waals surface area contributed by atoms with Crippen molar-refractivity contribution in [3.63, 3.8) is 0 Å². The van der Waals surface area contributed by atoms with Crippen LogP contribution in [0.2, 0.25) is 0 Å². The quantitative estimate of drug-likeness (QED) is 0.895. The van der Waals surface area contributed by atoms with Gasteiger partial charge in [-0.25, -0.2) is 4.98 Å². The van der Waals surface area contributed by atoms with Crippen LogP contribution >= 0.6 is 0 Å². The van der Waals surface area contributed by atoms with E-state index in [0.717, 1.165) is 30.4 Å². The molecule has 0 aliphatic carbocycles. The van der Waals surface area contributed by atoms with E-state index in [1.807, 2.05) is 19.1 Å². The standard InChI is InChI=1S/C15H21N3O/c1-11-12(2)18(3)15(17-11)10-16-9-13-5-7-14(19-4)8-6-13/h5-8,16H,9-10H2,1-4H3. The number of hydrogen-bond donors (Lipinski definition) is 1. The van der Waals surface area contributed by atoms with Gasteiger partial charge in [-0.3, -0.25) is 0 Å². The number of aromatic nitrogens is 2. The fourth-order valence-corrected chi connectivity index (χ4v) is 2.01. The molecule has 0 atom stereocenters. The van der Waals surface area contributed by atoms with Crippen LogP contribution in [-0.2, 0) is 20.1 Å². The zero-order valence-corrected chi connectivity index (χ0v) is 12.0. The van der Waals surface area contributed by atoms with E-state index >= 15 is 0 Å². The summed E-state index contributed by atoms with van der Waals surface area (Å²) in [4.78, 5) is 4.55. The molecule has 1 aromatic carbocycles. The number of nitrogens with one attached hydrogen (secondary N) is 1. The smallest absolute Gasteiger partial charge is 0.122 e. The van der Waals surface area contributed by atoms with Gasteiger partial charge in [-0.05, 0) is 31.5 Å². The number of ether oxygens (including phenoxy) is 1. The molecule has 19 heavy (non-hydrogen) atoms. The third kappa shape index (κ3) is 3.15. The summed E-state index contributed by atoms with van der Waals surface area (Å²) in [7, 11) is 3.73. The normalized spacial score (nSPS) is 10.7. The molecule has 2 aromatic rings. The monoisotopic (exact) mass is 259 g/mol. The number of aryl methyl sites for hydroxylation is 1. The molecular formula is C15H21N3O. The number of hydrogen-bond acceptors (Lipinski definition) is 3. The van der Waals surface area contributed by atoms with Gasteiger partial charge in [0.15, 0.2) is 0 Å². The average Bonchev–Trinajstić information content (AvgIpc) is 2.67. The Morgan fingerprint density at radius 3 is 2.37 bits per heavy atom. The van der Waals surface area contributed by atoms with E-state index in [2.05, 4.69) is 41.0 Å². The summed E-state index contributed by atoms with van der Waals surface area (Å²) in [5.74, 6) is 1.96. The van der Waals surface area contributed by atoms with Crippen LogP contribution in [-0.4, -0.2) is 16.7 Å². The summed E-state index contributed by atoms with van der Waals surface area (Å²) in [5.41, 5.74) is 3.56. The minimum Gasteiger partial charge on any atom is -0.497 e. The molecule has 1 aromatic heterocycles. The first-order chi connectivity index (χ1) is 9.11. The van der Waals surface area contributed by atoms with Crippen LogP contribution < -0.4 is 10.1 Å². The molecule has 0 aliphatic rings. The fraction of sp³-hybridized carbons (Fsp3) is 0.400. The minimum absolute atomic E-state index is 0.775. The number of benzene rings is 1. The minimum atomic E-state index is 0.775. The predicted molar refractivity (Wildman–Crippen MR) is 76.2 cm³/mol. The molecule has 0 aliphatic heterocycles. The van der Waals surface area contributed by atoms with Gasteiger partial charge < -0.3 is 14.6 Å². The third-order valence-electron chi connectivity index (χ3n) is 3.48. The van der Waals surface area contributed by atoms with Crippen molar-refractivity contribution < 1.29 is 4.74 Å². The molecule has 2 rings (SSSR count). The van der Waals surface area contributed by atoms with Gasteiger partial charge in [0.25, 0.3) is 0 Å². The van der Waals surface area contributed by atoms with Crippen molar-refractivity contribution in [2.45, 2.75) is 26.9 Å². The van der Waals surface area contributed by atoms with Gasteiger partial charge in [0, 0.05) is 19.3 Å². The summed E-state index contributed by atoms with van der Waals surface area (Å²) in [6.45, 7) is 5.74. The van der Waals surface area contributed by atoms with Crippen molar-refractivity contribution in [2.75, 3.05) is 7.11 Å². The van der Waals surface area contributed by atoms with Crippen LogP contribution in [0.5, 0.6) is 5.75 Å². The van der Waals surface area contributed by atoms with Crippen LogP contribution in [0.4, 0.5) is 0 Å². The number of nitrogens with zero attached hydrogens (tertiary/aromatic N) is 2. The zero-order valence-electron chi connectivity index (χ0n) is 12.0. The Hall–Kier alpha value is -1.81. The highest BCUT2D eigenvalue weighted by Crippen LogP contribution is 2.11. The Morgan fingerprint density at radius 2 is 1.84 bits per heavy atom. The predicted octanol–water partition coefficient (Wildman–Crippen LogP) is 2.34. The molecule has 1 heterocycles. The zero-order chi connectivity index (χ0) is 13.8. The van der Waals surface area contributed by atoms with Crippen LogP contribution in [0.25, 0.3) is 0 Å². The van der Waals surface area contributed by atoms with Crippen molar-refractivity contribution in [1.82, 2.24) is 14.9 Å². The Bertz CT molecular complexity index is 543. The topological polar surface area (TPSA) is 39.1 Å². The van der Waals surface area contributed by atoms with E-state index in [9.17, 15) is 0 Å². The SMILES string of the molecule is COc1ccc(CNCc2nc(C)c(C)n2C)cc1. The van der Waals surface area contributed by atoms with Gasteiger partial charge in [0.05, 0.1) is 19.3 Å². The Kier molecular flexibility index (Phi) is 4.22. The van der Waals surface area contributed by atoms with E-state index in [4.69, 9.17) is 4.74 Å². The van der Waals surface area contributed by atoms with Crippen LogP contribution in [0.3, 0.4) is 0 Å². The Morgan fingerprint density at radius 1 is 1.16 bits per heavy atom. The van der Waals surface area contributed by atoms with Crippen LogP contribution in [0, 0.1) is 13.8 Å². The summed E-state index contributed by atoms with van der Waals surface area (Å²) in [6, 6.07) is 8.10. The lowest BCUT2D eigenvalue weighted by Gasteiger charge is -2.06. The molecule has 0 bridgehead atoms. The number of imidazole rings is 1. The average molecular weight is 259 g/mol. The van der Waals surface area contributed by atoms with E-state index in [-0.39, 0.29) is 0 Å². The summed E-state index contributed by atoms with van der Waals surface area (Å²) in [6.07, 6.45) is 0. The molecule has 0 unspecified atom stereocenters. The van der Waals surface area contributed by atoms with Crippen LogP contribution in [0.1, 0.15) is 22.8 Å². The van der Waals surface area contributed by atoms with Gasteiger partial charge in [-0.15, -0.1) is 0 Å². The lowest BCUT2D eigenvalue weighted by atomic mass is 10.2. The maximum atomic E-state index is 5.14. The molecule has 0 saturated carbocycles. The molecule has 0 amide bonds. The molecule has 0 saturated heterocycles. The molecule has 4 heteroatoms. The maximum Gasteiger partial charge on any atom is 0.122 e. The largest absolute Gasteiger partial charge is 0.497 e. The van der Waals surface area contributed by atoms with Gasteiger partial charge in [-0.2, -0.15) is 0 Å². The van der Waals surface area contributed by atoms with E-state index in [1.165, 1.54) is 11.3 Å². The van der Waals surface area contributed by atoms with Crippen molar-refractivity contribution in [3.05, 3.63) is 47.0 Å². The van der Waals surface area contributed by atoms with E-state index in [0.29, 0.717) is 0 Å². The molecule has 0 fully saturated rings. The van der Waals surface area contributed by atoms with Crippen molar-refractivity contribution in [1.29, 1.82) is 0 Å². The molecule has 4 nitrogen and oxygen atoms in total. The Labute approximate surface area is 114 Å². The van der Waals surface area contributed by atoms with Crippen LogP contribution in [0.15, 0.2) is 24.3 Å². The van der Waals surface area contributed by atoms with Gasteiger partial charge in [0.1, 0.15) is 11.6 Å². The third-order valence-corrected chi connectivity index (χ3v) is 3.48. The number of methoxy groups -OCH3 is 1. The highest BCUT2D eigenvalue weighted by atomic mass is 16.5. The lowest BCUT2D eigenvalue weighted by molar-refractivity contribution is 0.414. The molecule has 1 N–H and O–H groups in total. The van der Waals surface area contributed by atoms with E-state index in [1.54, 1.807) is 7.11 Å². The second-order valence-corrected chi connectivity index (χ2v) is 4.71. The van der Waals surface area contributed by atoms with Gasteiger partial charge in [0.2, 0.25) is 0 Å². The molecule has 102 valence electrons. The van der Waals surface area contributed by atoms with Gasteiger partial charge in [-0.1, -0.05) is 12.1 Å². The first-order valence-electron chi connectivity index (χ1n) is 6.44. The second-order valence-electron chi connectivity index (χ2n) is 4.71. The van der Waals surface area contributed by atoms with E-state index < -0.39 is 0 Å². The first-order valence-corrected chi connectivity index (χ1v) is 6.44. The summed E-state index contributed by atoms with van der Waals surface area (Å²) < 4.78 is 7.28. The van der Waals surface area contributed by atoms with Crippen molar-refractivity contribution in [2.24, 2.45) is 7.05 Å². The Balaban J connectivity index is 1.90. The summed E-state index contributed by atoms with van der Waals surface area (Å²) >= 11 is 0. The highest BCUT2D eigenvalue weighted by molar-refractivity contribution is 5.27. The molecule has 0 radical (unpaired) electrons. The van der Waals surface area contributed by atoms with Crippen molar-refractivity contribution >= 4 is 0 Å². The lowest BCUT2D eigenvalue weighted by Crippen LogP contribution is -2.16.